The van der Waals surface area contributed by atoms with Gasteiger partial charge in [0.2, 0.25) is 5.91 Å². The van der Waals surface area contributed by atoms with Crippen LogP contribution >= 0.6 is 15.9 Å². The fourth-order valence-electron chi connectivity index (χ4n) is 2.68. The van der Waals surface area contributed by atoms with E-state index in [9.17, 15) is 4.79 Å². The Hall–Kier alpha value is -0.910. The van der Waals surface area contributed by atoms with Gasteiger partial charge in [0, 0.05) is 23.3 Å². The smallest absolute Gasteiger partial charge is 0.238 e. The quantitative estimate of drug-likeness (QED) is 0.865. The van der Waals surface area contributed by atoms with Gasteiger partial charge < -0.3 is 10.4 Å². The molecule has 4 nitrogen and oxygen atoms in total. The van der Waals surface area contributed by atoms with E-state index in [1.54, 1.807) is 0 Å². The first-order valence-electron chi connectivity index (χ1n) is 7.06. The van der Waals surface area contributed by atoms with E-state index in [0.29, 0.717) is 12.5 Å². The summed E-state index contributed by atoms with van der Waals surface area (Å²) in [5.41, 5.74) is 0.813. The number of hydrogen-bond donors (Lipinski definition) is 2. The van der Waals surface area contributed by atoms with Gasteiger partial charge in [0.25, 0.3) is 0 Å². The summed E-state index contributed by atoms with van der Waals surface area (Å²) in [6.07, 6.45) is 3.10. The van der Waals surface area contributed by atoms with Crippen molar-refractivity contribution in [2.24, 2.45) is 5.92 Å². The van der Waals surface area contributed by atoms with Crippen molar-refractivity contribution < 1.29 is 9.90 Å². The zero-order valence-corrected chi connectivity index (χ0v) is 13.1. The molecule has 110 valence electrons. The summed E-state index contributed by atoms with van der Waals surface area (Å²) in [7, 11) is 0. The van der Waals surface area contributed by atoms with Gasteiger partial charge in [-0.05, 0) is 49.9 Å². The maximum atomic E-state index is 12.0. The first kappa shape index (κ1) is 15.5. The standard InChI is InChI=1S/C15H21BrN2O2/c16-13-4-1-5-14(9-13)17-15(20)11-18-7-2-3-12(10-18)6-8-19/h1,4-5,9,12,19H,2-3,6-8,10-11H2,(H,17,20). The van der Waals surface area contributed by atoms with Gasteiger partial charge in [-0.3, -0.25) is 9.69 Å². The molecule has 0 aromatic heterocycles. The SMILES string of the molecule is O=C(CN1CCCC(CCO)C1)Nc1cccc(Br)c1. The third-order valence-electron chi connectivity index (χ3n) is 3.62. The third kappa shape index (κ3) is 4.89. The van der Waals surface area contributed by atoms with Crippen molar-refractivity contribution in [2.75, 3.05) is 31.6 Å². The first-order valence-corrected chi connectivity index (χ1v) is 7.85. The van der Waals surface area contributed by atoms with Crippen LogP contribution in [0.2, 0.25) is 0 Å². The van der Waals surface area contributed by atoms with Crippen molar-refractivity contribution in [1.82, 2.24) is 4.90 Å². The van der Waals surface area contributed by atoms with Crippen LogP contribution < -0.4 is 5.32 Å². The van der Waals surface area contributed by atoms with E-state index in [0.717, 1.165) is 42.5 Å². The number of carbonyl (C=O) groups excluding carboxylic acids is 1. The molecule has 1 amide bonds. The Morgan fingerprint density at radius 2 is 2.35 bits per heavy atom. The van der Waals surface area contributed by atoms with Crippen molar-refractivity contribution in [1.29, 1.82) is 0 Å². The molecule has 1 aliphatic rings. The molecule has 20 heavy (non-hydrogen) atoms. The molecule has 2 rings (SSSR count). The Labute approximate surface area is 128 Å². The van der Waals surface area contributed by atoms with Gasteiger partial charge in [-0.15, -0.1) is 0 Å². The van der Waals surface area contributed by atoms with Crippen molar-refractivity contribution in [3.8, 4) is 0 Å². The number of aliphatic hydroxyl groups is 1. The van der Waals surface area contributed by atoms with Crippen LogP contribution in [0.3, 0.4) is 0 Å². The van der Waals surface area contributed by atoms with Gasteiger partial charge in [-0.1, -0.05) is 22.0 Å². The van der Waals surface area contributed by atoms with Crippen LogP contribution in [0.1, 0.15) is 19.3 Å². The highest BCUT2D eigenvalue weighted by molar-refractivity contribution is 9.10. The van der Waals surface area contributed by atoms with Crippen LogP contribution in [0, 0.1) is 5.92 Å². The number of amides is 1. The average molecular weight is 341 g/mol. The lowest BCUT2D eigenvalue weighted by atomic mass is 9.95. The second-order valence-corrected chi connectivity index (χ2v) is 6.23. The Morgan fingerprint density at radius 1 is 1.50 bits per heavy atom. The monoisotopic (exact) mass is 340 g/mol. The van der Waals surface area contributed by atoms with Crippen molar-refractivity contribution in [3.05, 3.63) is 28.7 Å². The lowest BCUT2D eigenvalue weighted by Crippen LogP contribution is -2.40. The first-order chi connectivity index (χ1) is 9.67. The minimum atomic E-state index is 0.0211. The fraction of sp³-hybridized carbons (Fsp3) is 0.533. The zero-order chi connectivity index (χ0) is 14.4. The predicted octanol–water partition coefficient (Wildman–Crippen LogP) is 2.48. The van der Waals surface area contributed by atoms with E-state index in [1.807, 2.05) is 24.3 Å². The van der Waals surface area contributed by atoms with E-state index in [-0.39, 0.29) is 12.5 Å². The van der Waals surface area contributed by atoms with Gasteiger partial charge >= 0.3 is 0 Å². The molecule has 1 fully saturated rings. The topological polar surface area (TPSA) is 52.6 Å². The molecule has 0 radical (unpaired) electrons. The number of nitrogens with one attached hydrogen (secondary N) is 1. The normalized spacial score (nSPS) is 19.8. The van der Waals surface area contributed by atoms with E-state index in [2.05, 4.69) is 26.1 Å². The van der Waals surface area contributed by atoms with Crippen molar-refractivity contribution in [2.45, 2.75) is 19.3 Å². The number of rotatable bonds is 5. The molecule has 1 unspecified atom stereocenters. The number of aliphatic hydroxyl groups excluding tert-OH is 1. The Balaban J connectivity index is 1.82. The van der Waals surface area contributed by atoms with Gasteiger partial charge in [-0.2, -0.15) is 0 Å². The van der Waals surface area contributed by atoms with Crippen LogP contribution in [0.5, 0.6) is 0 Å². The fourth-order valence-corrected chi connectivity index (χ4v) is 3.08. The molecule has 1 aliphatic heterocycles. The van der Waals surface area contributed by atoms with Gasteiger partial charge in [-0.25, -0.2) is 0 Å². The summed E-state index contributed by atoms with van der Waals surface area (Å²) in [5.74, 6) is 0.542. The van der Waals surface area contributed by atoms with E-state index in [1.165, 1.54) is 0 Å². The Morgan fingerprint density at radius 3 is 3.10 bits per heavy atom. The molecule has 1 atom stereocenters. The molecule has 0 bridgehead atoms. The highest BCUT2D eigenvalue weighted by atomic mass is 79.9. The lowest BCUT2D eigenvalue weighted by molar-refractivity contribution is -0.117. The summed E-state index contributed by atoms with van der Waals surface area (Å²) >= 11 is 3.39. The number of nitrogens with zero attached hydrogens (tertiary/aromatic N) is 1. The predicted molar refractivity (Wildman–Crippen MR) is 83.6 cm³/mol. The van der Waals surface area contributed by atoms with Crippen LogP contribution in [0.15, 0.2) is 28.7 Å². The molecule has 0 aliphatic carbocycles. The van der Waals surface area contributed by atoms with Crippen LogP contribution in [0.4, 0.5) is 5.69 Å². The molecule has 2 N–H and O–H groups in total. The highest BCUT2D eigenvalue weighted by Crippen LogP contribution is 2.19. The van der Waals surface area contributed by atoms with Gasteiger partial charge in [0.15, 0.2) is 0 Å². The Kier molecular flexibility index (Phi) is 6.01. The summed E-state index contributed by atoms with van der Waals surface area (Å²) < 4.78 is 0.955. The second-order valence-electron chi connectivity index (χ2n) is 5.31. The summed E-state index contributed by atoms with van der Waals surface area (Å²) in [5, 5.41) is 11.9. The van der Waals surface area contributed by atoms with Crippen LogP contribution in [0.25, 0.3) is 0 Å². The zero-order valence-electron chi connectivity index (χ0n) is 11.5. The van der Waals surface area contributed by atoms with Crippen molar-refractivity contribution in [3.63, 3.8) is 0 Å². The minimum Gasteiger partial charge on any atom is -0.396 e. The number of hydrogen-bond acceptors (Lipinski definition) is 3. The largest absolute Gasteiger partial charge is 0.396 e. The lowest BCUT2D eigenvalue weighted by Gasteiger charge is -2.31. The number of halogens is 1. The number of carbonyl (C=O) groups is 1. The maximum absolute atomic E-state index is 12.0. The van der Waals surface area contributed by atoms with E-state index < -0.39 is 0 Å². The van der Waals surface area contributed by atoms with Gasteiger partial charge in [0.05, 0.1) is 6.54 Å². The number of piperidine rings is 1. The van der Waals surface area contributed by atoms with E-state index >= 15 is 0 Å². The Bertz CT molecular complexity index is 451. The highest BCUT2D eigenvalue weighted by Gasteiger charge is 2.21. The molecule has 1 aromatic carbocycles. The second kappa shape index (κ2) is 7.76. The van der Waals surface area contributed by atoms with E-state index in [4.69, 9.17) is 5.11 Å². The number of anilines is 1. The average Bonchev–Trinajstić information content (AvgIpc) is 2.39. The number of benzene rings is 1. The van der Waals surface area contributed by atoms with Crippen molar-refractivity contribution >= 4 is 27.5 Å². The summed E-state index contributed by atoms with van der Waals surface area (Å²) in [6.45, 7) is 2.54. The maximum Gasteiger partial charge on any atom is 0.238 e. The molecule has 0 saturated carbocycles. The molecular weight excluding hydrogens is 320 g/mol. The number of likely N-dealkylation sites (tertiary alicyclic amines) is 1. The molecule has 1 aromatic rings. The molecule has 0 spiro atoms. The molecule has 5 heteroatoms. The summed E-state index contributed by atoms with van der Waals surface area (Å²) in [6, 6.07) is 7.60. The summed E-state index contributed by atoms with van der Waals surface area (Å²) in [4.78, 5) is 14.2. The third-order valence-corrected chi connectivity index (χ3v) is 4.11. The van der Waals surface area contributed by atoms with Crippen LogP contribution in [-0.4, -0.2) is 42.2 Å². The van der Waals surface area contributed by atoms with Gasteiger partial charge in [0.1, 0.15) is 0 Å². The molecule has 1 heterocycles. The minimum absolute atomic E-state index is 0.0211. The van der Waals surface area contributed by atoms with Crippen LogP contribution in [-0.2, 0) is 4.79 Å². The molecule has 1 saturated heterocycles. The molecular formula is C15H21BrN2O2.